The molecule has 2 aliphatic carbocycles. The van der Waals surface area contributed by atoms with E-state index in [1.807, 2.05) is 0 Å². The van der Waals surface area contributed by atoms with Crippen LogP contribution in [0.25, 0.3) is 0 Å². The first-order valence-corrected chi connectivity index (χ1v) is 14.1. The molecule has 0 radical (unpaired) electrons. The van der Waals surface area contributed by atoms with Crippen LogP contribution in [0.15, 0.2) is 29.8 Å². The maximum absolute atomic E-state index is 15.1. The molecule has 17 heteroatoms. The van der Waals surface area contributed by atoms with Crippen molar-refractivity contribution < 1.29 is 60.5 Å². The van der Waals surface area contributed by atoms with Crippen LogP contribution in [0.4, 0.5) is 32.4 Å². The van der Waals surface area contributed by atoms with Crippen molar-refractivity contribution in [3.8, 4) is 11.5 Å². The molecular formula is C29H19Cl2F5N2O8. The van der Waals surface area contributed by atoms with E-state index in [9.17, 15) is 42.3 Å². The molecule has 2 aromatic rings. The fraction of sp³-hybridized carbons (Fsp3) is 0.345. The normalized spacial score (nSPS) is 30.2. The van der Waals surface area contributed by atoms with Gasteiger partial charge in [0.05, 0.1) is 26.1 Å². The highest BCUT2D eigenvalue weighted by Crippen LogP contribution is 2.66. The van der Waals surface area contributed by atoms with E-state index in [1.54, 1.807) is 0 Å². The first kappa shape index (κ1) is 31.7. The highest BCUT2D eigenvalue weighted by atomic mass is 35.5. The van der Waals surface area contributed by atoms with Crippen LogP contribution in [0.1, 0.15) is 24.3 Å². The first-order valence-electron chi connectivity index (χ1n) is 13.4. The Hall–Kier alpha value is -4.24. The molecule has 0 bridgehead atoms. The maximum Gasteiger partial charge on any atom is 0.423 e. The summed E-state index contributed by atoms with van der Waals surface area (Å²) in [7, 11) is 2.13. The van der Waals surface area contributed by atoms with Crippen LogP contribution in [-0.2, 0) is 23.9 Å². The van der Waals surface area contributed by atoms with E-state index in [-0.39, 0.29) is 38.9 Å². The standard InChI is InChI=1S/C29H19Cl2F5N2O8/c1-45-14-7-9(3-6-13(14)39)16-10-4-5-11-15(24(41)38(23(11)40)27(44)46-2)12(10)8-28(30)25(42)37(26(43)29(16,28)31)22-20(35)18(33)17(32)19(34)21(22)36/h3-4,6-7,11-12,15-16,39H,5,8H2,1-2H3. The average Bonchev–Trinajstić information content (AvgIpc) is 3.37. The number of likely N-dealkylation sites (tertiary alicyclic amines) is 1. The molecule has 1 saturated carbocycles. The lowest BCUT2D eigenvalue weighted by Gasteiger charge is -2.50. The first-order chi connectivity index (χ1) is 21.6. The van der Waals surface area contributed by atoms with E-state index in [0.717, 1.165) is 13.2 Å². The van der Waals surface area contributed by atoms with Gasteiger partial charge in [-0.2, -0.15) is 4.90 Å². The Labute approximate surface area is 265 Å². The van der Waals surface area contributed by atoms with Crippen LogP contribution in [0.3, 0.4) is 0 Å². The molecule has 4 aliphatic rings. The predicted molar refractivity (Wildman–Crippen MR) is 145 cm³/mol. The maximum atomic E-state index is 15.1. The number of allylic oxidation sites excluding steroid dienone is 2. The molecule has 0 spiro atoms. The van der Waals surface area contributed by atoms with Crippen molar-refractivity contribution >= 4 is 58.6 Å². The molecule has 6 unspecified atom stereocenters. The number of fused-ring (bicyclic) bond motifs is 4. The highest BCUT2D eigenvalue weighted by molar-refractivity contribution is 6.58. The van der Waals surface area contributed by atoms with Gasteiger partial charge in [-0.3, -0.25) is 19.2 Å². The number of hydrogen-bond acceptors (Lipinski definition) is 8. The number of nitrogens with zero attached hydrogens (tertiary/aromatic N) is 2. The zero-order valence-electron chi connectivity index (χ0n) is 23.4. The minimum atomic E-state index is -2.75. The van der Waals surface area contributed by atoms with Crippen molar-refractivity contribution in [3.05, 3.63) is 64.5 Å². The molecule has 2 aliphatic heterocycles. The number of hydrogen-bond donors (Lipinski definition) is 1. The van der Waals surface area contributed by atoms with Crippen molar-refractivity contribution in [2.24, 2.45) is 17.8 Å². The molecule has 3 fully saturated rings. The summed E-state index contributed by atoms with van der Waals surface area (Å²) in [5.74, 6) is -23.6. The number of imide groups is 4. The van der Waals surface area contributed by atoms with E-state index in [2.05, 4.69) is 4.74 Å². The second kappa shape index (κ2) is 10.4. The second-order valence-corrected chi connectivity index (χ2v) is 12.3. The van der Waals surface area contributed by atoms with E-state index in [1.165, 1.54) is 25.3 Å². The van der Waals surface area contributed by atoms with Gasteiger partial charge in [-0.15, -0.1) is 23.2 Å². The van der Waals surface area contributed by atoms with Crippen LogP contribution in [0.5, 0.6) is 11.5 Å². The van der Waals surface area contributed by atoms with Crippen molar-refractivity contribution in [1.82, 2.24) is 4.90 Å². The van der Waals surface area contributed by atoms with Crippen molar-refractivity contribution in [3.63, 3.8) is 0 Å². The molecule has 2 saturated heterocycles. The number of phenolic OH excluding ortho intramolecular Hbond substituents is 1. The highest BCUT2D eigenvalue weighted by Gasteiger charge is 2.77. The third kappa shape index (κ3) is 3.78. The Morgan fingerprint density at radius 1 is 0.913 bits per heavy atom. The van der Waals surface area contributed by atoms with Gasteiger partial charge in [0.1, 0.15) is 5.69 Å². The van der Waals surface area contributed by atoms with Gasteiger partial charge < -0.3 is 14.6 Å². The molecule has 46 heavy (non-hydrogen) atoms. The Bertz CT molecular complexity index is 1810. The summed E-state index contributed by atoms with van der Waals surface area (Å²) in [6, 6.07) is 3.59. The van der Waals surface area contributed by atoms with E-state index < -0.39 is 104 Å². The molecule has 2 heterocycles. The van der Waals surface area contributed by atoms with E-state index >= 15 is 8.78 Å². The number of alkyl halides is 2. The number of aromatic hydroxyl groups is 1. The summed E-state index contributed by atoms with van der Waals surface area (Å²) in [4.78, 5) is 61.8. The third-order valence-corrected chi connectivity index (χ3v) is 10.5. The van der Waals surface area contributed by atoms with Crippen molar-refractivity contribution in [1.29, 1.82) is 0 Å². The number of carbonyl (C=O) groups is 5. The van der Waals surface area contributed by atoms with Crippen LogP contribution in [0.2, 0.25) is 0 Å². The number of rotatable bonds is 3. The molecule has 0 aromatic heterocycles. The largest absolute Gasteiger partial charge is 0.504 e. The Kier molecular flexibility index (Phi) is 7.17. The number of phenols is 1. The summed E-state index contributed by atoms with van der Waals surface area (Å²) >= 11 is 14.0. The summed E-state index contributed by atoms with van der Waals surface area (Å²) in [5, 5.41) is 10.2. The molecular weight excluding hydrogens is 670 g/mol. The minimum absolute atomic E-state index is 0.0195. The van der Waals surface area contributed by atoms with Gasteiger partial charge in [0, 0.05) is 5.92 Å². The molecule has 6 rings (SSSR count). The summed E-state index contributed by atoms with van der Waals surface area (Å²) in [6.07, 6.45) is -0.757. The second-order valence-electron chi connectivity index (χ2n) is 11.1. The van der Waals surface area contributed by atoms with E-state index in [0.29, 0.717) is 0 Å². The van der Waals surface area contributed by atoms with Gasteiger partial charge in [0.15, 0.2) is 44.5 Å². The van der Waals surface area contributed by atoms with Crippen LogP contribution >= 0.6 is 23.2 Å². The monoisotopic (exact) mass is 688 g/mol. The number of ether oxygens (including phenoxy) is 2. The molecule has 242 valence electrons. The van der Waals surface area contributed by atoms with Crippen molar-refractivity contribution in [2.75, 3.05) is 19.1 Å². The lowest BCUT2D eigenvalue weighted by Crippen LogP contribution is -2.60. The number of amides is 5. The molecule has 6 atom stereocenters. The van der Waals surface area contributed by atoms with Gasteiger partial charge in [0.25, 0.3) is 11.8 Å². The number of carbonyl (C=O) groups excluding carboxylic acids is 5. The Morgan fingerprint density at radius 3 is 2.11 bits per heavy atom. The smallest absolute Gasteiger partial charge is 0.423 e. The lowest BCUT2D eigenvalue weighted by atomic mass is 9.56. The Balaban J connectivity index is 1.60. The zero-order valence-corrected chi connectivity index (χ0v) is 24.9. The fourth-order valence-electron chi connectivity index (χ4n) is 7.09. The van der Waals surface area contributed by atoms with Gasteiger partial charge in [-0.25, -0.2) is 31.6 Å². The topological polar surface area (TPSA) is 131 Å². The quantitative estimate of drug-likeness (QED) is 0.125. The van der Waals surface area contributed by atoms with Gasteiger partial charge in [0.2, 0.25) is 17.6 Å². The minimum Gasteiger partial charge on any atom is -0.504 e. The van der Waals surface area contributed by atoms with Crippen LogP contribution in [0, 0.1) is 46.8 Å². The zero-order chi connectivity index (χ0) is 33.8. The number of methoxy groups -OCH3 is 2. The van der Waals surface area contributed by atoms with Crippen LogP contribution < -0.4 is 9.64 Å². The summed E-state index contributed by atoms with van der Waals surface area (Å²) < 4.78 is 82.4. The van der Waals surface area contributed by atoms with Gasteiger partial charge in [-0.05, 0) is 36.5 Å². The molecule has 10 nitrogen and oxygen atoms in total. The lowest BCUT2D eigenvalue weighted by molar-refractivity contribution is -0.138. The predicted octanol–water partition coefficient (Wildman–Crippen LogP) is 4.43. The molecule has 2 aromatic carbocycles. The molecule has 1 N–H and O–H groups in total. The van der Waals surface area contributed by atoms with Crippen LogP contribution in [-0.4, -0.2) is 63.7 Å². The Morgan fingerprint density at radius 2 is 1.52 bits per heavy atom. The van der Waals surface area contributed by atoms with Crippen molar-refractivity contribution in [2.45, 2.75) is 28.5 Å². The third-order valence-electron chi connectivity index (χ3n) is 9.12. The summed E-state index contributed by atoms with van der Waals surface area (Å²) in [5.41, 5.74) is -1.75. The average molecular weight is 689 g/mol. The SMILES string of the molecule is COC(=O)N1C(=O)C2CC=C3C(CC4(Cl)C(=O)N(c5c(F)c(F)c(F)c(F)c5F)C(=O)C4(Cl)C3c3ccc(O)c(OC)c3)C2C1=O. The number of halogens is 7. The number of anilines is 1. The number of benzene rings is 2. The van der Waals surface area contributed by atoms with Gasteiger partial charge in [-0.1, -0.05) is 17.7 Å². The van der Waals surface area contributed by atoms with E-state index in [4.69, 9.17) is 27.9 Å². The fourth-order valence-corrected chi connectivity index (χ4v) is 8.02. The molecule has 5 amide bonds. The van der Waals surface area contributed by atoms with Gasteiger partial charge >= 0.3 is 6.09 Å². The summed E-state index contributed by atoms with van der Waals surface area (Å²) in [6.45, 7) is 0.